The number of hydrogen-bond acceptors (Lipinski definition) is 3. The Morgan fingerprint density at radius 2 is 1.50 bits per heavy atom. The smallest absolute Gasteiger partial charge is 0.0607 e. The average Bonchev–Trinajstić information content (AvgIpc) is 2.51. The predicted molar refractivity (Wildman–Crippen MR) is 80.6 cm³/mol. The van der Waals surface area contributed by atoms with Crippen LogP contribution in [0.15, 0.2) is 54.6 Å². The maximum atomic E-state index is 9.32. The number of aliphatic hydroxyl groups excluding tert-OH is 2. The number of benzene rings is 2. The largest absolute Gasteiger partial charge is 0.395 e. The van der Waals surface area contributed by atoms with Gasteiger partial charge in [-0.3, -0.25) is 5.32 Å². The van der Waals surface area contributed by atoms with E-state index in [0.717, 1.165) is 11.1 Å². The molecule has 106 valence electrons. The van der Waals surface area contributed by atoms with Crippen LogP contribution in [0.3, 0.4) is 0 Å². The molecule has 0 saturated carbocycles. The Kier molecular flexibility index (Phi) is 5.30. The van der Waals surface area contributed by atoms with Crippen molar-refractivity contribution in [3.63, 3.8) is 0 Å². The van der Waals surface area contributed by atoms with E-state index < -0.39 is 0 Å². The van der Waals surface area contributed by atoms with Crippen LogP contribution in [0, 0.1) is 6.92 Å². The molecule has 0 aromatic heterocycles. The summed E-state index contributed by atoms with van der Waals surface area (Å²) in [5, 5.41) is 22.0. The van der Waals surface area contributed by atoms with E-state index in [1.165, 1.54) is 5.56 Å². The minimum absolute atomic E-state index is 0.0401. The van der Waals surface area contributed by atoms with E-state index in [4.69, 9.17) is 0 Å². The fraction of sp³-hybridized carbons (Fsp3) is 0.294. The lowest BCUT2D eigenvalue weighted by atomic mass is 9.94. The molecular formula is C17H21NO2. The summed E-state index contributed by atoms with van der Waals surface area (Å²) in [6, 6.07) is 17.9. The Morgan fingerprint density at radius 3 is 2.10 bits per heavy atom. The lowest BCUT2D eigenvalue weighted by molar-refractivity contribution is 0.165. The van der Waals surface area contributed by atoms with Gasteiger partial charge in [-0.25, -0.2) is 0 Å². The van der Waals surface area contributed by atoms with Crippen molar-refractivity contribution in [1.82, 2.24) is 5.32 Å². The zero-order valence-electron chi connectivity index (χ0n) is 11.7. The highest BCUT2D eigenvalue weighted by Gasteiger charge is 2.19. The molecule has 2 aromatic carbocycles. The molecule has 2 aromatic rings. The van der Waals surface area contributed by atoms with Gasteiger partial charge in [0.05, 0.1) is 25.3 Å². The van der Waals surface area contributed by atoms with Gasteiger partial charge in [0.15, 0.2) is 0 Å². The van der Waals surface area contributed by atoms with E-state index in [-0.39, 0.29) is 25.3 Å². The summed E-state index contributed by atoms with van der Waals surface area (Å²) in [5.41, 5.74) is 3.46. The van der Waals surface area contributed by atoms with Crippen molar-refractivity contribution in [2.75, 3.05) is 13.2 Å². The van der Waals surface area contributed by atoms with Crippen molar-refractivity contribution in [2.45, 2.75) is 19.0 Å². The van der Waals surface area contributed by atoms with Crippen molar-refractivity contribution in [3.8, 4) is 0 Å². The number of aryl methyl sites for hydroxylation is 1. The monoisotopic (exact) mass is 271 g/mol. The SMILES string of the molecule is Cc1ccccc1C(NC(CO)CO)c1ccccc1. The third kappa shape index (κ3) is 3.45. The molecule has 0 radical (unpaired) electrons. The number of nitrogens with one attached hydrogen (secondary N) is 1. The molecule has 3 nitrogen and oxygen atoms in total. The predicted octanol–water partition coefficient (Wildman–Crippen LogP) is 2.03. The maximum Gasteiger partial charge on any atom is 0.0607 e. The summed E-state index contributed by atoms with van der Waals surface area (Å²) in [7, 11) is 0. The molecule has 0 saturated heterocycles. The quantitative estimate of drug-likeness (QED) is 0.753. The fourth-order valence-electron chi connectivity index (χ4n) is 2.32. The highest BCUT2D eigenvalue weighted by molar-refractivity contribution is 5.36. The molecule has 20 heavy (non-hydrogen) atoms. The Hall–Kier alpha value is -1.68. The van der Waals surface area contributed by atoms with Crippen LogP contribution in [0.4, 0.5) is 0 Å². The first-order chi connectivity index (χ1) is 9.76. The van der Waals surface area contributed by atoms with E-state index in [0.29, 0.717) is 0 Å². The molecule has 0 aliphatic heterocycles. The molecule has 0 amide bonds. The second-order valence-corrected chi connectivity index (χ2v) is 4.93. The minimum atomic E-state index is -0.334. The topological polar surface area (TPSA) is 52.5 Å². The van der Waals surface area contributed by atoms with Crippen molar-refractivity contribution >= 4 is 0 Å². The van der Waals surface area contributed by atoms with Gasteiger partial charge in [0, 0.05) is 0 Å². The minimum Gasteiger partial charge on any atom is -0.395 e. The van der Waals surface area contributed by atoms with Gasteiger partial charge in [-0.2, -0.15) is 0 Å². The first-order valence-electron chi connectivity index (χ1n) is 6.84. The maximum absolute atomic E-state index is 9.32. The molecule has 0 bridgehead atoms. The fourth-order valence-corrected chi connectivity index (χ4v) is 2.32. The number of aliphatic hydroxyl groups is 2. The second kappa shape index (κ2) is 7.20. The third-order valence-electron chi connectivity index (χ3n) is 3.48. The zero-order chi connectivity index (χ0) is 14.4. The number of hydrogen-bond donors (Lipinski definition) is 3. The molecule has 0 fully saturated rings. The molecule has 0 aliphatic rings. The van der Waals surface area contributed by atoms with Crippen LogP contribution in [0.2, 0.25) is 0 Å². The van der Waals surface area contributed by atoms with Gasteiger partial charge in [0.2, 0.25) is 0 Å². The van der Waals surface area contributed by atoms with Crippen molar-refractivity contribution in [3.05, 3.63) is 71.3 Å². The highest BCUT2D eigenvalue weighted by atomic mass is 16.3. The molecule has 0 heterocycles. The second-order valence-electron chi connectivity index (χ2n) is 4.93. The van der Waals surface area contributed by atoms with E-state index >= 15 is 0 Å². The van der Waals surface area contributed by atoms with Crippen LogP contribution in [0.5, 0.6) is 0 Å². The van der Waals surface area contributed by atoms with Crippen LogP contribution in [-0.4, -0.2) is 29.5 Å². The van der Waals surface area contributed by atoms with E-state index in [1.54, 1.807) is 0 Å². The van der Waals surface area contributed by atoms with E-state index in [1.807, 2.05) is 30.3 Å². The van der Waals surface area contributed by atoms with Crippen LogP contribution in [0.25, 0.3) is 0 Å². The van der Waals surface area contributed by atoms with Gasteiger partial charge in [-0.1, -0.05) is 54.6 Å². The Bertz CT molecular complexity index is 524. The highest BCUT2D eigenvalue weighted by Crippen LogP contribution is 2.25. The van der Waals surface area contributed by atoms with Crippen molar-refractivity contribution in [1.29, 1.82) is 0 Å². The molecule has 0 aliphatic carbocycles. The van der Waals surface area contributed by atoms with Crippen LogP contribution in [-0.2, 0) is 0 Å². The molecule has 3 N–H and O–H groups in total. The Morgan fingerprint density at radius 1 is 0.900 bits per heavy atom. The van der Waals surface area contributed by atoms with Gasteiger partial charge in [-0.15, -0.1) is 0 Å². The summed E-state index contributed by atoms with van der Waals surface area (Å²) < 4.78 is 0. The van der Waals surface area contributed by atoms with E-state index in [9.17, 15) is 10.2 Å². The van der Waals surface area contributed by atoms with Crippen LogP contribution in [0.1, 0.15) is 22.7 Å². The van der Waals surface area contributed by atoms with Gasteiger partial charge < -0.3 is 10.2 Å². The number of rotatable bonds is 6. The lowest BCUT2D eigenvalue weighted by Crippen LogP contribution is -2.39. The van der Waals surface area contributed by atoms with Gasteiger partial charge in [-0.05, 0) is 23.6 Å². The van der Waals surface area contributed by atoms with Crippen LogP contribution >= 0.6 is 0 Å². The van der Waals surface area contributed by atoms with Gasteiger partial charge >= 0.3 is 0 Å². The van der Waals surface area contributed by atoms with Gasteiger partial charge in [0.25, 0.3) is 0 Å². The summed E-state index contributed by atoms with van der Waals surface area (Å²) in [5.74, 6) is 0. The van der Waals surface area contributed by atoms with Crippen molar-refractivity contribution < 1.29 is 10.2 Å². The normalized spacial score (nSPS) is 12.6. The summed E-state index contributed by atoms with van der Waals surface area (Å²) in [6.07, 6.45) is 0. The standard InChI is InChI=1S/C17H21NO2/c1-13-7-5-6-10-16(13)17(18-15(11-19)12-20)14-8-3-2-4-9-14/h2-10,15,17-20H,11-12H2,1H3. The molecular weight excluding hydrogens is 250 g/mol. The molecule has 2 rings (SSSR count). The van der Waals surface area contributed by atoms with Crippen molar-refractivity contribution in [2.24, 2.45) is 0 Å². The lowest BCUT2D eigenvalue weighted by Gasteiger charge is -2.25. The molecule has 3 heteroatoms. The van der Waals surface area contributed by atoms with Gasteiger partial charge in [0.1, 0.15) is 0 Å². The molecule has 1 atom stereocenters. The third-order valence-corrected chi connectivity index (χ3v) is 3.48. The van der Waals surface area contributed by atoms with Crippen LogP contribution < -0.4 is 5.32 Å². The summed E-state index contributed by atoms with van der Waals surface area (Å²) in [6.45, 7) is 1.89. The first kappa shape index (κ1) is 14.7. The first-order valence-corrected chi connectivity index (χ1v) is 6.84. The van der Waals surface area contributed by atoms with E-state index in [2.05, 4.69) is 36.5 Å². The molecule has 0 spiro atoms. The summed E-state index contributed by atoms with van der Waals surface area (Å²) in [4.78, 5) is 0. The molecule has 1 unspecified atom stereocenters. The Balaban J connectivity index is 2.37. The zero-order valence-corrected chi connectivity index (χ0v) is 11.7. The summed E-state index contributed by atoms with van der Waals surface area (Å²) >= 11 is 0. The Labute approximate surface area is 119 Å². The average molecular weight is 271 g/mol.